The van der Waals surface area contributed by atoms with E-state index in [9.17, 15) is 4.79 Å². The third kappa shape index (κ3) is 5.48. The van der Waals surface area contributed by atoms with Gasteiger partial charge in [0.15, 0.2) is 0 Å². The van der Waals surface area contributed by atoms with Gasteiger partial charge >= 0.3 is 0 Å². The highest BCUT2D eigenvalue weighted by atomic mass is 35.5. The topological polar surface area (TPSA) is 50.4 Å². The van der Waals surface area contributed by atoms with Crippen LogP contribution < -0.4 is 10.6 Å². The number of amides is 1. The van der Waals surface area contributed by atoms with E-state index in [1.807, 2.05) is 48.5 Å². The largest absolute Gasteiger partial charge is 0.385 e. The summed E-state index contributed by atoms with van der Waals surface area (Å²) in [6.45, 7) is 2.19. The van der Waals surface area contributed by atoms with Gasteiger partial charge in [-0.05, 0) is 61.2 Å². The number of nitrogens with one attached hydrogen (secondary N) is 2. The number of anilines is 2. The summed E-state index contributed by atoms with van der Waals surface area (Å²) in [5, 5.41) is 7.14. The Morgan fingerprint density at radius 1 is 1.00 bits per heavy atom. The fourth-order valence-corrected chi connectivity index (χ4v) is 3.00. The van der Waals surface area contributed by atoms with E-state index in [2.05, 4.69) is 10.6 Å². The number of rotatable bonds is 6. The van der Waals surface area contributed by atoms with E-state index in [1.54, 1.807) is 0 Å². The first-order valence-electron chi connectivity index (χ1n) is 8.68. The summed E-state index contributed by atoms with van der Waals surface area (Å²) in [7, 11) is 0. The lowest BCUT2D eigenvalue weighted by molar-refractivity contribution is -0.122. The first-order valence-corrected chi connectivity index (χ1v) is 9.05. The molecule has 2 aromatic carbocycles. The average molecular weight is 359 g/mol. The van der Waals surface area contributed by atoms with Crippen molar-refractivity contribution in [2.45, 2.75) is 19.3 Å². The number of hydrogen-bond acceptors (Lipinski definition) is 3. The van der Waals surface area contributed by atoms with Gasteiger partial charge in [0.1, 0.15) is 0 Å². The van der Waals surface area contributed by atoms with Gasteiger partial charge < -0.3 is 15.4 Å². The molecule has 5 heteroatoms. The molecule has 1 heterocycles. The highest BCUT2D eigenvalue weighted by Gasteiger charge is 2.21. The van der Waals surface area contributed by atoms with Crippen molar-refractivity contribution in [1.82, 2.24) is 0 Å². The van der Waals surface area contributed by atoms with Crippen LogP contribution in [-0.4, -0.2) is 25.7 Å². The minimum Gasteiger partial charge on any atom is -0.385 e. The van der Waals surface area contributed by atoms with Crippen LogP contribution in [0.25, 0.3) is 0 Å². The van der Waals surface area contributed by atoms with Gasteiger partial charge in [0.2, 0.25) is 5.91 Å². The molecule has 1 saturated heterocycles. The van der Waals surface area contributed by atoms with E-state index in [0.717, 1.165) is 42.2 Å². The van der Waals surface area contributed by atoms with Gasteiger partial charge in [0, 0.05) is 42.1 Å². The fourth-order valence-electron chi connectivity index (χ4n) is 2.88. The summed E-state index contributed by atoms with van der Waals surface area (Å²) in [5.41, 5.74) is 3.12. The Balaban J connectivity index is 1.45. The second-order valence-electron chi connectivity index (χ2n) is 6.26. The quantitative estimate of drug-likeness (QED) is 0.806. The predicted molar refractivity (Wildman–Crippen MR) is 102 cm³/mol. The number of hydrogen-bond donors (Lipinski definition) is 2. The first kappa shape index (κ1) is 17.8. The molecule has 25 heavy (non-hydrogen) atoms. The monoisotopic (exact) mass is 358 g/mol. The molecule has 0 spiro atoms. The second-order valence-corrected chi connectivity index (χ2v) is 6.69. The lowest BCUT2D eigenvalue weighted by atomic mass is 9.99. The van der Waals surface area contributed by atoms with Gasteiger partial charge in [-0.3, -0.25) is 4.79 Å². The molecule has 3 rings (SSSR count). The summed E-state index contributed by atoms with van der Waals surface area (Å²) in [6.07, 6.45) is 2.53. The minimum absolute atomic E-state index is 0.0610. The Kier molecular flexibility index (Phi) is 6.31. The molecule has 0 saturated carbocycles. The van der Waals surface area contributed by atoms with Crippen molar-refractivity contribution in [3.63, 3.8) is 0 Å². The van der Waals surface area contributed by atoms with Gasteiger partial charge in [0.05, 0.1) is 0 Å². The number of carbonyl (C=O) groups is 1. The second kappa shape index (κ2) is 8.88. The molecule has 1 fully saturated rings. The lowest BCUT2D eigenvalue weighted by Crippen LogP contribution is -2.28. The van der Waals surface area contributed by atoms with Crippen LogP contribution in [-0.2, 0) is 16.0 Å². The van der Waals surface area contributed by atoms with Crippen LogP contribution in [0.3, 0.4) is 0 Å². The molecule has 1 aliphatic rings. The SMILES string of the molecule is O=C(Nc1ccc(NCCc2ccc(Cl)cc2)cc1)C1CCOCC1. The van der Waals surface area contributed by atoms with Crippen molar-refractivity contribution in [3.8, 4) is 0 Å². The van der Waals surface area contributed by atoms with E-state index in [4.69, 9.17) is 16.3 Å². The first-order chi connectivity index (χ1) is 12.2. The molecule has 0 aliphatic carbocycles. The van der Waals surface area contributed by atoms with Crippen LogP contribution in [0.5, 0.6) is 0 Å². The van der Waals surface area contributed by atoms with Gasteiger partial charge in [0.25, 0.3) is 0 Å². The van der Waals surface area contributed by atoms with Gasteiger partial charge in [-0.15, -0.1) is 0 Å². The van der Waals surface area contributed by atoms with E-state index < -0.39 is 0 Å². The van der Waals surface area contributed by atoms with Crippen LogP contribution in [0.4, 0.5) is 11.4 Å². The van der Waals surface area contributed by atoms with Crippen molar-refractivity contribution in [2.75, 3.05) is 30.4 Å². The smallest absolute Gasteiger partial charge is 0.227 e. The third-order valence-corrected chi connectivity index (χ3v) is 4.65. The molecule has 0 unspecified atom stereocenters. The van der Waals surface area contributed by atoms with E-state index in [0.29, 0.717) is 13.2 Å². The summed E-state index contributed by atoms with van der Waals surface area (Å²) < 4.78 is 5.30. The molecule has 4 nitrogen and oxygen atoms in total. The predicted octanol–water partition coefficient (Wildman–Crippen LogP) is 4.36. The summed E-state index contributed by atoms with van der Waals surface area (Å²) in [5.74, 6) is 0.151. The van der Waals surface area contributed by atoms with Crippen LogP contribution in [0, 0.1) is 5.92 Å². The van der Waals surface area contributed by atoms with Crippen molar-refractivity contribution >= 4 is 28.9 Å². The van der Waals surface area contributed by atoms with Crippen molar-refractivity contribution in [3.05, 3.63) is 59.1 Å². The maximum absolute atomic E-state index is 12.2. The van der Waals surface area contributed by atoms with Crippen molar-refractivity contribution < 1.29 is 9.53 Å². The molecular weight excluding hydrogens is 336 g/mol. The van der Waals surface area contributed by atoms with Crippen LogP contribution in [0.2, 0.25) is 5.02 Å². The molecule has 1 aliphatic heterocycles. The Morgan fingerprint density at radius 2 is 1.64 bits per heavy atom. The zero-order chi connectivity index (χ0) is 17.5. The Morgan fingerprint density at radius 3 is 2.32 bits per heavy atom. The molecule has 0 radical (unpaired) electrons. The molecule has 0 bridgehead atoms. The Bertz CT molecular complexity index is 680. The fraction of sp³-hybridized carbons (Fsp3) is 0.350. The molecule has 0 atom stereocenters. The van der Waals surface area contributed by atoms with E-state index >= 15 is 0 Å². The molecule has 0 aromatic heterocycles. The summed E-state index contributed by atoms with van der Waals surface area (Å²) >= 11 is 5.89. The highest BCUT2D eigenvalue weighted by Crippen LogP contribution is 2.19. The van der Waals surface area contributed by atoms with Crippen LogP contribution in [0.1, 0.15) is 18.4 Å². The summed E-state index contributed by atoms with van der Waals surface area (Å²) in [6, 6.07) is 15.7. The molecule has 2 N–H and O–H groups in total. The van der Waals surface area contributed by atoms with Gasteiger partial charge in [-0.2, -0.15) is 0 Å². The number of halogens is 1. The normalized spacial score (nSPS) is 14.9. The Labute approximate surface area is 153 Å². The number of benzene rings is 2. The zero-order valence-electron chi connectivity index (χ0n) is 14.1. The highest BCUT2D eigenvalue weighted by molar-refractivity contribution is 6.30. The standard InChI is InChI=1S/C20H23ClN2O2/c21-17-3-1-15(2-4-17)9-12-22-18-5-7-19(8-6-18)23-20(24)16-10-13-25-14-11-16/h1-8,16,22H,9-14H2,(H,23,24). The van der Waals surface area contributed by atoms with E-state index in [1.165, 1.54) is 5.56 Å². The van der Waals surface area contributed by atoms with Crippen molar-refractivity contribution in [2.24, 2.45) is 5.92 Å². The van der Waals surface area contributed by atoms with Crippen molar-refractivity contribution in [1.29, 1.82) is 0 Å². The molecular formula is C20H23ClN2O2. The molecule has 132 valence electrons. The van der Waals surface area contributed by atoms with Gasteiger partial charge in [-0.1, -0.05) is 23.7 Å². The average Bonchev–Trinajstić information content (AvgIpc) is 2.65. The minimum atomic E-state index is 0.0610. The third-order valence-electron chi connectivity index (χ3n) is 4.40. The van der Waals surface area contributed by atoms with Crippen LogP contribution in [0.15, 0.2) is 48.5 Å². The molecule has 2 aromatic rings. The summed E-state index contributed by atoms with van der Waals surface area (Å²) in [4.78, 5) is 12.2. The number of ether oxygens (including phenoxy) is 1. The number of carbonyl (C=O) groups excluding carboxylic acids is 1. The van der Waals surface area contributed by atoms with Crippen LogP contribution >= 0.6 is 11.6 Å². The van der Waals surface area contributed by atoms with Gasteiger partial charge in [-0.25, -0.2) is 0 Å². The maximum atomic E-state index is 12.2. The van der Waals surface area contributed by atoms with E-state index in [-0.39, 0.29) is 11.8 Å². The maximum Gasteiger partial charge on any atom is 0.227 e. The molecule has 1 amide bonds. The zero-order valence-corrected chi connectivity index (χ0v) is 14.9. The Hall–Kier alpha value is -2.04. The lowest BCUT2D eigenvalue weighted by Gasteiger charge is -2.21.